The van der Waals surface area contributed by atoms with Gasteiger partial charge < -0.3 is 9.15 Å². The van der Waals surface area contributed by atoms with Crippen molar-refractivity contribution in [3.63, 3.8) is 0 Å². The molecule has 3 heterocycles. The van der Waals surface area contributed by atoms with E-state index in [0.717, 1.165) is 27.8 Å². The molecule has 2 aromatic heterocycles. The highest BCUT2D eigenvalue weighted by molar-refractivity contribution is 9.10. The Labute approximate surface area is 209 Å². The third kappa shape index (κ3) is 4.33. The predicted molar refractivity (Wildman–Crippen MR) is 135 cm³/mol. The van der Waals surface area contributed by atoms with E-state index in [4.69, 9.17) is 9.15 Å². The largest absolute Gasteiger partial charge is 0.455 e. The Hall–Kier alpha value is -3.17. The number of halogens is 1. The van der Waals surface area contributed by atoms with Gasteiger partial charge in [-0.1, -0.05) is 64.9 Å². The molecule has 9 heteroatoms. The number of carbonyl (C=O) groups excluding carboxylic acids is 1. The number of amides is 1. The van der Waals surface area contributed by atoms with Gasteiger partial charge in [-0.15, -0.1) is 10.2 Å². The number of benzene rings is 2. The van der Waals surface area contributed by atoms with Crippen molar-refractivity contribution in [2.45, 2.75) is 31.7 Å². The molecule has 1 aliphatic heterocycles. The molecule has 0 saturated heterocycles. The smallest absolute Gasteiger partial charge is 0.247 e. The van der Waals surface area contributed by atoms with E-state index in [2.05, 4.69) is 38.0 Å². The number of furan rings is 1. The first-order chi connectivity index (χ1) is 16.5. The summed E-state index contributed by atoms with van der Waals surface area (Å²) in [6.07, 6.45) is 0.127. The number of nitrogens with zero attached hydrogens (tertiary/aromatic N) is 4. The Morgan fingerprint density at radius 3 is 2.76 bits per heavy atom. The monoisotopic (exact) mass is 536 g/mol. The Morgan fingerprint density at radius 2 is 1.97 bits per heavy atom. The van der Waals surface area contributed by atoms with Crippen LogP contribution in [0, 0.1) is 0 Å². The third-order valence-electron chi connectivity index (χ3n) is 5.27. The van der Waals surface area contributed by atoms with E-state index in [1.807, 2.05) is 60.7 Å². The highest BCUT2D eigenvalue weighted by atomic mass is 79.9. The number of rotatable bonds is 5. The lowest BCUT2D eigenvalue weighted by molar-refractivity contribution is -0.118. The lowest BCUT2D eigenvalue weighted by Gasteiger charge is -2.28. The van der Waals surface area contributed by atoms with Crippen LogP contribution in [0.5, 0.6) is 5.88 Å². The van der Waals surface area contributed by atoms with Crippen molar-refractivity contribution < 1.29 is 13.9 Å². The summed E-state index contributed by atoms with van der Waals surface area (Å²) in [5.74, 6) is 2.14. The molecule has 34 heavy (non-hydrogen) atoms. The second kappa shape index (κ2) is 9.60. The molecule has 0 spiro atoms. The van der Waals surface area contributed by atoms with Crippen molar-refractivity contribution in [1.82, 2.24) is 15.2 Å². The summed E-state index contributed by atoms with van der Waals surface area (Å²) in [7, 11) is 0. The van der Waals surface area contributed by atoms with Gasteiger partial charge in [0.05, 0.1) is 5.69 Å². The van der Waals surface area contributed by atoms with Crippen LogP contribution in [0.2, 0.25) is 0 Å². The van der Waals surface area contributed by atoms with Gasteiger partial charge >= 0.3 is 0 Å². The molecular weight excluding hydrogens is 516 g/mol. The number of fused-ring (bicyclic) bond motifs is 3. The highest BCUT2D eigenvalue weighted by Crippen LogP contribution is 2.44. The first kappa shape index (κ1) is 22.6. The minimum atomic E-state index is -0.860. The molecule has 4 aromatic rings. The van der Waals surface area contributed by atoms with Crippen LogP contribution in [-0.2, 0) is 4.79 Å². The summed E-state index contributed by atoms with van der Waals surface area (Å²) >= 11 is 5.02. The number of ether oxygens (including phenoxy) is 1. The van der Waals surface area contributed by atoms with Crippen molar-refractivity contribution in [1.29, 1.82) is 0 Å². The highest BCUT2D eigenvalue weighted by Gasteiger charge is 2.36. The van der Waals surface area contributed by atoms with E-state index < -0.39 is 6.23 Å². The number of hydrogen-bond donors (Lipinski definition) is 0. The van der Waals surface area contributed by atoms with Crippen molar-refractivity contribution >= 4 is 39.3 Å². The van der Waals surface area contributed by atoms with Crippen LogP contribution < -0.4 is 9.64 Å². The van der Waals surface area contributed by atoms with Crippen molar-refractivity contribution in [3.8, 4) is 28.5 Å². The molecule has 0 saturated carbocycles. The Bertz CT molecular complexity index is 1360. The number of para-hydroxylation sites is 1. The molecule has 0 unspecified atom stereocenters. The predicted octanol–water partition coefficient (Wildman–Crippen LogP) is 6.51. The molecule has 7 nitrogen and oxygen atoms in total. The van der Waals surface area contributed by atoms with Crippen molar-refractivity contribution in [3.05, 3.63) is 70.9 Å². The lowest BCUT2D eigenvalue weighted by atomic mass is 10.1. The van der Waals surface area contributed by atoms with Gasteiger partial charge in [-0.05, 0) is 36.8 Å². The number of anilines is 1. The molecule has 0 fully saturated rings. The lowest BCUT2D eigenvalue weighted by Crippen LogP contribution is -2.35. The van der Waals surface area contributed by atoms with Crippen LogP contribution in [0.25, 0.3) is 22.6 Å². The van der Waals surface area contributed by atoms with Crippen molar-refractivity contribution in [2.75, 3.05) is 10.7 Å². The standard InChI is InChI=1S/C25H21BrN4O3S/c1-3-13-34-25-27-23-22(28-29-25)18-9-4-5-10-19(18)30(15(2)31)24(33-23)21-12-11-20(32-21)16-7-6-8-17(26)14-16/h4-12,14,24H,3,13H2,1-2H3/t24-/m1/s1. The van der Waals surface area contributed by atoms with E-state index in [1.54, 1.807) is 4.90 Å². The normalized spacial score (nSPS) is 14.7. The topological polar surface area (TPSA) is 81.3 Å². The van der Waals surface area contributed by atoms with Gasteiger partial charge in [-0.3, -0.25) is 9.69 Å². The number of aromatic nitrogens is 3. The fraction of sp³-hybridized carbons (Fsp3) is 0.200. The molecule has 2 aromatic carbocycles. The van der Waals surface area contributed by atoms with Gasteiger partial charge in [0.15, 0.2) is 11.5 Å². The molecule has 1 amide bonds. The minimum absolute atomic E-state index is 0.195. The summed E-state index contributed by atoms with van der Waals surface area (Å²) in [4.78, 5) is 19.1. The van der Waals surface area contributed by atoms with Gasteiger partial charge in [-0.25, -0.2) is 0 Å². The van der Waals surface area contributed by atoms with Crippen LogP contribution >= 0.6 is 27.7 Å². The minimum Gasteiger partial charge on any atom is -0.455 e. The van der Waals surface area contributed by atoms with E-state index in [1.165, 1.54) is 18.7 Å². The van der Waals surface area contributed by atoms with Crippen LogP contribution in [0.4, 0.5) is 5.69 Å². The van der Waals surface area contributed by atoms with Crippen molar-refractivity contribution in [2.24, 2.45) is 0 Å². The molecule has 1 aliphatic rings. The molecule has 5 rings (SSSR count). The molecule has 0 N–H and O–H groups in total. The fourth-order valence-electron chi connectivity index (χ4n) is 3.77. The summed E-state index contributed by atoms with van der Waals surface area (Å²) in [6.45, 7) is 3.60. The summed E-state index contributed by atoms with van der Waals surface area (Å²) in [6, 6.07) is 19.0. The maximum atomic E-state index is 12.9. The Kier molecular flexibility index (Phi) is 6.38. The van der Waals surface area contributed by atoms with E-state index >= 15 is 0 Å². The first-order valence-corrected chi connectivity index (χ1v) is 12.6. The summed E-state index contributed by atoms with van der Waals surface area (Å²) in [5, 5.41) is 9.24. The second-order valence-corrected chi connectivity index (χ2v) is 9.66. The van der Waals surface area contributed by atoms with Gasteiger partial charge in [0.1, 0.15) is 5.76 Å². The van der Waals surface area contributed by atoms with E-state index in [9.17, 15) is 4.79 Å². The molecule has 0 radical (unpaired) electrons. The first-order valence-electron chi connectivity index (χ1n) is 10.8. The zero-order valence-electron chi connectivity index (χ0n) is 18.6. The van der Waals surface area contributed by atoms with Crippen LogP contribution in [0.1, 0.15) is 32.3 Å². The maximum Gasteiger partial charge on any atom is 0.247 e. The Balaban J connectivity index is 1.63. The van der Waals surface area contributed by atoms with Gasteiger partial charge in [0.2, 0.25) is 23.2 Å². The molecule has 172 valence electrons. The van der Waals surface area contributed by atoms with Gasteiger partial charge in [-0.2, -0.15) is 4.98 Å². The second-order valence-electron chi connectivity index (χ2n) is 7.69. The molecule has 1 atom stereocenters. The van der Waals surface area contributed by atoms with Crippen LogP contribution in [-0.4, -0.2) is 26.8 Å². The zero-order chi connectivity index (χ0) is 23.7. The maximum absolute atomic E-state index is 12.9. The van der Waals surface area contributed by atoms with Crippen LogP contribution in [0.3, 0.4) is 0 Å². The summed E-state index contributed by atoms with van der Waals surface area (Å²) < 4.78 is 13.5. The third-order valence-corrected chi connectivity index (χ3v) is 6.80. The number of hydrogen-bond acceptors (Lipinski definition) is 7. The van der Waals surface area contributed by atoms with E-state index in [-0.39, 0.29) is 5.91 Å². The number of carbonyl (C=O) groups is 1. The SMILES string of the molecule is CCCSc1nnc2c(n1)O[C@H](c1ccc(-c3cccc(Br)c3)o1)N(C(C)=O)c1ccccc1-2. The van der Waals surface area contributed by atoms with Crippen LogP contribution in [0.15, 0.2) is 74.7 Å². The zero-order valence-corrected chi connectivity index (χ0v) is 21.0. The van der Waals surface area contributed by atoms with Gasteiger partial charge in [0, 0.05) is 28.3 Å². The quantitative estimate of drug-likeness (QED) is 0.269. The molecule has 0 aliphatic carbocycles. The average Bonchev–Trinajstić information content (AvgIpc) is 3.27. The fourth-order valence-corrected chi connectivity index (χ4v) is 4.81. The number of thioether (sulfide) groups is 1. The molecule has 0 bridgehead atoms. The van der Waals surface area contributed by atoms with E-state index in [0.29, 0.717) is 33.9 Å². The Morgan fingerprint density at radius 1 is 1.12 bits per heavy atom. The molecular formula is C25H21BrN4O3S. The summed E-state index contributed by atoms with van der Waals surface area (Å²) in [5.41, 5.74) is 2.78. The van der Waals surface area contributed by atoms with Gasteiger partial charge in [0.25, 0.3) is 0 Å². The average molecular weight is 537 g/mol.